The Hall–Kier alpha value is -2.76. The summed E-state index contributed by atoms with van der Waals surface area (Å²) in [6, 6.07) is 12.0. The van der Waals surface area contributed by atoms with Crippen LogP contribution in [0.5, 0.6) is 5.75 Å². The minimum Gasteiger partial charge on any atom is -0.495 e. The van der Waals surface area contributed by atoms with Crippen LogP contribution in [-0.4, -0.2) is 62.2 Å². The summed E-state index contributed by atoms with van der Waals surface area (Å²) < 4.78 is 5.48. The van der Waals surface area contributed by atoms with Crippen LogP contribution < -0.4 is 14.5 Å². The molecule has 1 unspecified atom stereocenters. The number of nitrogens with zero attached hydrogens (tertiary/aromatic N) is 4. The predicted molar refractivity (Wildman–Crippen MR) is 116 cm³/mol. The molecule has 1 amide bonds. The van der Waals surface area contributed by atoms with Crippen molar-refractivity contribution in [3.05, 3.63) is 48.3 Å². The Morgan fingerprint density at radius 1 is 1.07 bits per heavy atom. The van der Waals surface area contributed by atoms with E-state index in [1.165, 1.54) is 12.8 Å². The lowest BCUT2D eigenvalue weighted by molar-refractivity contribution is 0.0741. The zero-order valence-corrected chi connectivity index (χ0v) is 17.4. The highest BCUT2D eigenvalue weighted by molar-refractivity contribution is 5.93. The van der Waals surface area contributed by atoms with Crippen LogP contribution in [0.2, 0.25) is 0 Å². The minimum atomic E-state index is 0.0246. The molecule has 0 aliphatic carbocycles. The summed E-state index contributed by atoms with van der Waals surface area (Å²) in [5.74, 6) is 1.59. The SMILES string of the molecule is COc1ccccc1N1CCN(C(=O)c2cc(N3CCCC(C)C3)ccn2)CC1. The van der Waals surface area contributed by atoms with E-state index in [4.69, 9.17) is 4.74 Å². The van der Waals surface area contributed by atoms with Crippen LogP contribution in [0.1, 0.15) is 30.3 Å². The van der Waals surface area contributed by atoms with Gasteiger partial charge in [-0.2, -0.15) is 0 Å². The van der Waals surface area contributed by atoms with Crippen LogP contribution in [0.4, 0.5) is 11.4 Å². The number of carbonyl (C=O) groups is 1. The smallest absolute Gasteiger partial charge is 0.272 e. The number of para-hydroxylation sites is 2. The van der Waals surface area contributed by atoms with Crippen LogP contribution in [0, 0.1) is 5.92 Å². The summed E-state index contributed by atoms with van der Waals surface area (Å²) in [6.45, 7) is 7.34. The van der Waals surface area contributed by atoms with Crippen molar-refractivity contribution >= 4 is 17.3 Å². The highest BCUT2D eigenvalue weighted by atomic mass is 16.5. The standard InChI is InChI=1S/C23H30N4O2/c1-18-6-5-11-27(17-18)19-9-10-24-20(16-19)23(28)26-14-12-25(13-15-26)21-7-3-4-8-22(21)29-2/h3-4,7-10,16,18H,5-6,11-15,17H2,1-2H3. The first-order chi connectivity index (χ1) is 14.2. The van der Waals surface area contributed by atoms with Crippen LogP contribution in [-0.2, 0) is 0 Å². The molecule has 6 heteroatoms. The van der Waals surface area contributed by atoms with Crippen molar-refractivity contribution in [1.29, 1.82) is 0 Å². The topological polar surface area (TPSA) is 48.9 Å². The Morgan fingerprint density at radius 3 is 2.62 bits per heavy atom. The number of benzene rings is 1. The zero-order valence-electron chi connectivity index (χ0n) is 17.4. The third-order valence-corrected chi connectivity index (χ3v) is 5.98. The molecule has 1 aromatic heterocycles. The molecule has 4 rings (SSSR count). The zero-order chi connectivity index (χ0) is 20.2. The monoisotopic (exact) mass is 394 g/mol. The first kappa shape index (κ1) is 19.6. The maximum Gasteiger partial charge on any atom is 0.272 e. The number of hydrogen-bond acceptors (Lipinski definition) is 5. The Morgan fingerprint density at radius 2 is 1.86 bits per heavy atom. The summed E-state index contributed by atoms with van der Waals surface area (Å²) >= 11 is 0. The maximum atomic E-state index is 13.1. The molecule has 2 fully saturated rings. The molecular weight excluding hydrogens is 364 g/mol. The van der Waals surface area contributed by atoms with Crippen molar-refractivity contribution in [2.24, 2.45) is 5.92 Å². The molecule has 2 aliphatic rings. The molecular formula is C23H30N4O2. The molecule has 0 spiro atoms. The second-order valence-electron chi connectivity index (χ2n) is 8.04. The number of piperidine rings is 1. The van der Waals surface area contributed by atoms with Crippen molar-refractivity contribution in [1.82, 2.24) is 9.88 Å². The van der Waals surface area contributed by atoms with Crippen LogP contribution in [0.3, 0.4) is 0 Å². The van der Waals surface area contributed by atoms with Gasteiger partial charge in [-0.3, -0.25) is 9.78 Å². The number of pyridine rings is 1. The number of amides is 1. The van der Waals surface area contributed by atoms with Crippen molar-refractivity contribution in [3.63, 3.8) is 0 Å². The lowest BCUT2D eigenvalue weighted by atomic mass is 10.00. The average molecular weight is 395 g/mol. The van der Waals surface area contributed by atoms with Gasteiger partial charge in [0.05, 0.1) is 12.8 Å². The second-order valence-corrected chi connectivity index (χ2v) is 8.04. The molecule has 0 radical (unpaired) electrons. The van der Waals surface area contributed by atoms with Gasteiger partial charge in [0.2, 0.25) is 0 Å². The number of piperazine rings is 1. The van der Waals surface area contributed by atoms with Gasteiger partial charge in [0.15, 0.2) is 0 Å². The highest BCUT2D eigenvalue weighted by Gasteiger charge is 2.25. The van der Waals surface area contributed by atoms with Gasteiger partial charge in [0, 0.05) is 51.2 Å². The molecule has 1 atom stereocenters. The summed E-state index contributed by atoms with van der Waals surface area (Å²) in [4.78, 5) is 24.0. The second kappa shape index (κ2) is 8.72. The molecule has 2 saturated heterocycles. The van der Waals surface area contributed by atoms with E-state index in [2.05, 4.69) is 27.8 Å². The molecule has 2 aliphatic heterocycles. The van der Waals surface area contributed by atoms with E-state index in [0.29, 0.717) is 24.7 Å². The van der Waals surface area contributed by atoms with Gasteiger partial charge in [0.1, 0.15) is 11.4 Å². The molecule has 2 aromatic rings. The Kier molecular flexibility index (Phi) is 5.88. The van der Waals surface area contributed by atoms with Gasteiger partial charge in [0.25, 0.3) is 5.91 Å². The van der Waals surface area contributed by atoms with Crippen molar-refractivity contribution in [2.45, 2.75) is 19.8 Å². The van der Waals surface area contributed by atoms with Crippen LogP contribution in [0.25, 0.3) is 0 Å². The summed E-state index contributed by atoms with van der Waals surface area (Å²) in [5, 5.41) is 0. The molecule has 3 heterocycles. The van der Waals surface area contributed by atoms with E-state index >= 15 is 0 Å². The fourth-order valence-corrected chi connectivity index (χ4v) is 4.36. The molecule has 0 N–H and O–H groups in total. The maximum absolute atomic E-state index is 13.1. The van der Waals surface area contributed by atoms with Crippen molar-refractivity contribution in [2.75, 3.05) is 56.2 Å². The van der Waals surface area contributed by atoms with Gasteiger partial charge in [-0.05, 0) is 43.0 Å². The number of anilines is 2. The number of aromatic nitrogens is 1. The lowest BCUT2D eigenvalue weighted by Crippen LogP contribution is -2.49. The van der Waals surface area contributed by atoms with E-state index in [0.717, 1.165) is 43.3 Å². The Balaban J connectivity index is 1.41. The fraction of sp³-hybridized carbons (Fsp3) is 0.478. The number of ether oxygens (including phenoxy) is 1. The number of methoxy groups -OCH3 is 1. The summed E-state index contributed by atoms with van der Waals surface area (Å²) in [5.41, 5.74) is 2.75. The minimum absolute atomic E-state index is 0.0246. The first-order valence-electron chi connectivity index (χ1n) is 10.5. The van der Waals surface area contributed by atoms with E-state index < -0.39 is 0 Å². The number of rotatable bonds is 4. The third-order valence-electron chi connectivity index (χ3n) is 5.98. The molecule has 29 heavy (non-hydrogen) atoms. The third kappa shape index (κ3) is 4.31. The largest absolute Gasteiger partial charge is 0.495 e. The lowest BCUT2D eigenvalue weighted by Gasteiger charge is -2.36. The highest BCUT2D eigenvalue weighted by Crippen LogP contribution is 2.29. The van der Waals surface area contributed by atoms with E-state index in [1.807, 2.05) is 35.2 Å². The van der Waals surface area contributed by atoms with Gasteiger partial charge in [-0.1, -0.05) is 19.1 Å². The first-order valence-corrected chi connectivity index (χ1v) is 10.5. The Bertz CT molecular complexity index is 848. The molecule has 0 bridgehead atoms. The normalized spacial score (nSPS) is 19.9. The van der Waals surface area contributed by atoms with Gasteiger partial charge in [-0.25, -0.2) is 0 Å². The predicted octanol–water partition coefficient (Wildman–Crippen LogP) is 3.29. The van der Waals surface area contributed by atoms with E-state index in [1.54, 1.807) is 13.3 Å². The van der Waals surface area contributed by atoms with E-state index in [9.17, 15) is 4.79 Å². The quantitative estimate of drug-likeness (QED) is 0.796. The average Bonchev–Trinajstić information content (AvgIpc) is 2.79. The van der Waals surface area contributed by atoms with Gasteiger partial charge < -0.3 is 19.4 Å². The van der Waals surface area contributed by atoms with Gasteiger partial charge in [-0.15, -0.1) is 0 Å². The van der Waals surface area contributed by atoms with Crippen LogP contribution >= 0.6 is 0 Å². The van der Waals surface area contributed by atoms with Gasteiger partial charge >= 0.3 is 0 Å². The number of carbonyl (C=O) groups excluding carboxylic acids is 1. The number of hydrogen-bond donors (Lipinski definition) is 0. The molecule has 6 nitrogen and oxygen atoms in total. The molecule has 1 aromatic carbocycles. The fourth-order valence-electron chi connectivity index (χ4n) is 4.36. The van der Waals surface area contributed by atoms with E-state index in [-0.39, 0.29) is 5.91 Å². The summed E-state index contributed by atoms with van der Waals surface area (Å²) in [6.07, 6.45) is 4.26. The Labute approximate surface area is 173 Å². The molecule has 154 valence electrons. The van der Waals surface area contributed by atoms with Crippen LogP contribution in [0.15, 0.2) is 42.6 Å². The van der Waals surface area contributed by atoms with Crippen molar-refractivity contribution in [3.8, 4) is 5.75 Å². The molecule has 0 saturated carbocycles. The summed E-state index contributed by atoms with van der Waals surface area (Å²) in [7, 11) is 1.69. The van der Waals surface area contributed by atoms with Crippen molar-refractivity contribution < 1.29 is 9.53 Å².